The van der Waals surface area contributed by atoms with E-state index in [1.807, 2.05) is 12.1 Å². The number of hydrogen-bond donors (Lipinski definition) is 0. The third-order valence-corrected chi connectivity index (χ3v) is 2.74. The fourth-order valence-corrected chi connectivity index (χ4v) is 1.44. The van der Waals surface area contributed by atoms with Crippen LogP contribution in [-0.2, 0) is 12.6 Å². The summed E-state index contributed by atoms with van der Waals surface area (Å²) in [6.07, 6.45) is 1.05. The zero-order valence-corrected chi connectivity index (χ0v) is 13.1. The van der Waals surface area contributed by atoms with Crippen molar-refractivity contribution in [2.75, 3.05) is 6.61 Å². The molecule has 0 spiro atoms. The van der Waals surface area contributed by atoms with E-state index in [2.05, 4.69) is 33.4 Å². The van der Waals surface area contributed by atoms with Crippen molar-refractivity contribution in [3.63, 3.8) is 0 Å². The first kappa shape index (κ1) is 19.4. The van der Waals surface area contributed by atoms with E-state index in [4.69, 9.17) is 4.74 Å². The van der Waals surface area contributed by atoms with Crippen LogP contribution in [0.3, 0.4) is 0 Å². The molecule has 0 radical (unpaired) electrons. The van der Waals surface area contributed by atoms with Crippen LogP contribution >= 0.6 is 7.81 Å². The molecule has 0 bridgehead atoms. The van der Waals surface area contributed by atoms with Crippen LogP contribution in [0.15, 0.2) is 17.0 Å². The monoisotopic (exact) mass is 342 g/mol. The Bertz CT molecular complexity index is 459. The second kappa shape index (κ2) is 5.64. The summed E-state index contributed by atoms with van der Waals surface area (Å²) in [7, 11) is -10.7. The zero-order valence-electron chi connectivity index (χ0n) is 11.2. The first-order valence-electron chi connectivity index (χ1n) is 5.62. The molecule has 1 aromatic rings. The van der Waals surface area contributed by atoms with Crippen LogP contribution in [0.4, 0.5) is 25.2 Å². The van der Waals surface area contributed by atoms with Crippen molar-refractivity contribution >= 4 is 20.4 Å². The van der Waals surface area contributed by atoms with Crippen LogP contribution in [0, 0.1) is 13.8 Å². The Hall–Kier alpha value is -0.620. The van der Waals surface area contributed by atoms with Crippen molar-refractivity contribution in [2.24, 2.45) is 0 Å². The molecule has 0 saturated heterocycles. The maximum atomic E-state index is 9.87. The Morgan fingerprint density at radius 3 is 1.85 bits per heavy atom. The van der Waals surface area contributed by atoms with Gasteiger partial charge in [-0.25, -0.2) is 0 Å². The number of hydrogen-bond acceptors (Lipinski definition) is 1. The molecule has 0 aromatic heterocycles. The molecular formula is C11H17F6OPS. The molecule has 0 atom stereocenters. The van der Waals surface area contributed by atoms with Gasteiger partial charge in [0, 0.05) is 5.56 Å². The third-order valence-electron chi connectivity index (χ3n) is 2.20. The standard InChI is InChI=1S/C11H16OS.F6P/c1-4-7-12-10-5-6-11(13)9(3)8(10)2;1-7(2,3,4,5)6/h5-6,13H,4,7H2,1-3H3;/q;-1/p+1. The van der Waals surface area contributed by atoms with Crippen LogP contribution in [0.5, 0.6) is 5.75 Å². The molecule has 0 saturated carbocycles. The van der Waals surface area contributed by atoms with Gasteiger partial charge in [0.2, 0.25) is 0 Å². The maximum absolute atomic E-state index is 10.7. The minimum absolute atomic E-state index is 0.793. The number of benzene rings is 1. The van der Waals surface area contributed by atoms with Gasteiger partial charge in [-0.05, 0) is 50.6 Å². The van der Waals surface area contributed by atoms with E-state index in [1.165, 1.54) is 11.1 Å². The van der Waals surface area contributed by atoms with Gasteiger partial charge < -0.3 is 4.74 Å². The van der Waals surface area contributed by atoms with Crippen molar-refractivity contribution in [1.82, 2.24) is 0 Å². The van der Waals surface area contributed by atoms with Crippen LogP contribution in [0.2, 0.25) is 0 Å². The van der Waals surface area contributed by atoms with Crippen molar-refractivity contribution < 1.29 is 29.9 Å². The Kier molecular flexibility index (Phi) is 5.46. The molecule has 0 N–H and O–H groups in total. The molecule has 0 amide bonds. The third kappa shape index (κ3) is 11.2. The van der Waals surface area contributed by atoms with Gasteiger partial charge in [-0.3, -0.25) is 0 Å². The fraction of sp³-hybridized carbons (Fsp3) is 0.455. The van der Waals surface area contributed by atoms with Gasteiger partial charge in [0.05, 0.1) is 6.61 Å². The van der Waals surface area contributed by atoms with Gasteiger partial charge in [0.25, 0.3) is 0 Å². The molecule has 1 nitrogen and oxygen atoms in total. The van der Waals surface area contributed by atoms with Crippen molar-refractivity contribution in [3.05, 3.63) is 23.3 Å². The Balaban J connectivity index is 0.000000441. The second-order valence-corrected chi connectivity index (χ2v) is 6.62. The van der Waals surface area contributed by atoms with E-state index < -0.39 is 7.81 Å². The summed E-state index contributed by atoms with van der Waals surface area (Å²) in [4.78, 5) is 1.14. The van der Waals surface area contributed by atoms with Crippen molar-refractivity contribution in [1.29, 1.82) is 0 Å². The summed E-state index contributed by atoms with van der Waals surface area (Å²) >= 11 is 3.54. The summed E-state index contributed by atoms with van der Waals surface area (Å²) in [5, 5.41) is 0. The molecule has 20 heavy (non-hydrogen) atoms. The Morgan fingerprint density at radius 2 is 1.45 bits per heavy atom. The Labute approximate surface area is 119 Å². The van der Waals surface area contributed by atoms with E-state index in [1.54, 1.807) is 0 Å². The van der Waals surface area contributed by atoms with Crippen molar-refractivity contribution in [3.8, 4) is 5.75 Å². The van der Waals surface area contributed by atoms with Crippen LogP contribution in [0.25, 0.3) is 0 Å². The number of halogens is 6. The van der Waals surface area contributed by atoms with Gasteiger partial charge in [-0.1, -0.05) is 6.92 Å². The molecule has 0 aliphatic heterocycles. The summed E-state index contributed by atoms with van der Waals surface area (Å²) in [5.41, 5.74) is 2.48. The summed E-state index contributed by atoms with van der Waals surface area (Å²) in [6, 6.07) is 4.05. The topological polar surface area (TPSA) is 9.23 Å². The molecule has 0 aliphatic carbocycles. The molecule has 0 fully saturated rings. The molecular weight excluding hydrogens is 325 g/mol. The van der Waals surface area contributed by atoms with Gasteiger partial charge in [-0.2, -0.15) is 0 Å². The van der Waals surface area contributed by atoms with Crippen LogP contribution in [0.1, 0.15) is 24.5 Å². The molecule has 1 rings (SSSR count). The number of ether oxygens (including phenoxy) is 1. The van der Waals surface area contributed by atoms with E-state index in [-0.39, 0.29) is 0 Å². The first-order chi connectivity index (χ1) is 8.61. The van der Waals surface area contributed by atoms with Crippen LogP contribution in [-0.4, -0.2) is 6.61 Å². The zero-order chi connectivity index (χ0) is 16.3. The normalized spacial score (nSPS) is 14.7. The van der Waals surface area contributed by atoms with E-state index >= 15 is 0 Å². The van der Waals surface area contributed by atoms with E-state index in [9.17, 15) is 25.2 Å². The van der Waals surface area contributed by atoms with Crippen LogP contribution < -0.4 is 4.74 Å². The first-order valence-corrected chi connectivity index (χ1v) is 8.15. The summed E-state index contributed by atoms with van der Waals surface area (Å²) in [5.74, 6) is 1.00. The second-order valence-electron chi connectivity index (χ2n) is 4.17. The summed E-state index contributed by atoms with van der Waals surface area (Å²) < 4.78 is 64.8. The van der Waals surface area contributed by atoms with Gasteiger partial charge >= 0.3 is 33.0 Å². The minimum atomic E-state index is -10.7. The van der Waals surface area contributed by atoms with E-state index in [0.29, 0.717) is 0 Å². The molecule has 0 aliphatic rings. The average molecular weight is 342 g/mol. The van der Waals surface area contributed by atoms with Gasteiger partial charge in [-0.15, -0.1) is 0 Å². The average Bonchev–Trinajstić information content (AvgIpc) is 2.21. The van der Waals surface area contributed by atoms with Crippen molar-refractivity contribution in [2.45, 2.75) is 32.1 Å². The number of rotatable bonds is 3. The fourth-order valence-electron chi connectivity index (χ4n) is 1.16. The quantitative estimate of drug-likeness (QED) is 0.381. The molecule has 0 unspecified atom stereocenters. The molecule has 9 heteroatoms. The molecule has 0 heterocycles. The van der Waals surface area contributed by atoms with Gasteiger partial charge in [0.15, 0.2) is 4.90 Å². The molecule has 120 valence electrons. The predicted octanol–water partition coefficient (Wildman–Crippen LogP) is 5.85. The predicted molar refractivity (Wildman–Crippen MR) is 73.7 cm³/mol. The SMILES string of the molecule is CCCOc1ccc([SH2+])c(C)c1C.F[P-](F)(F)(F)(F)F. The Morgan fingerprint density at radius 1 is 1.00 bits per heavy atom. The molecule has 1 aromatic carbocycles. The summed E-state index contributed by atoms with van der Waals surface area (Å²) in [6.45, 7) is 7.09. The van der Waals surface area contributed by atoms with E-state index in [0.717, 1.165) is 23.7 Å². The van der Waals surface area contributed by atoms with Gasteiger partial charge in [0.1, 0.15) is 5.75 Å².